The molecule has 0 saturated heterocycles. The maximum Gasteiger partial charge on any atom is 0.242 e. The van der Waals surface area contributed by atoms with Gasteiger partial charge in [-0.25, -0.2) is 17.7 Å². The smallest absolute Gasteiger partial charge is 0.242 e. The molecule has 2 aromatic rings. The number of aromatic nitrogens is 2. The van der Waals surface area contributed by atoms with E-state index in [2.05, 4.69) is 16.8 Å². The fourth-order valence-electron chi connectivity index (χ4n) is 3.85. The third-order valence-corrected chi connectivity index (χ3v) is 8.70. The van der Waals surface area contributed by atoms with E-state index in [4.69, 9.17) is 4.98 Å². The number of imidazole rings is 1. The summed E-state index contributed by atoms with van der Waals surface area (Å²) in [4.78, 5) is 17.8. The van der Waals surface area contributed by atoms with Gasteiger partial charge in [0.2, 0.25) is 15.9 Å². The third kappa shape index (κ3) is 5.32. The van der Waals surface area contributed by atoms with Gasteiger partial charge in [-0.05, 0) is 51.8 Å². The molecule has 0 radical (unpaired) electrons. The zero-order valence-corrected chi connectivity index (χ0v) is 20.5. The van der Waals surface area contributed by atoms with Crippen LogP contribution < -0.4 is 5.32 Å². The Morgan fingerprint density at radius 1 is 1.23 bits per heavy atom. The van der Waals surface area contributed by atoms with Crippen LogP contribution in [-0.4, -0.2) is 47.5 Å². The Hall–Kier alpha value is -1.84. The van der Waals surface area contributed by atoms with Crippen molar-refractivity contribution in [1.29, 1.82) is 0 Å². The van der Waals surface area contributed by atoms with E-state index >= 15 is 0 Å². The molecular weight excluding hydrogens is 432 g/mol. The summed E-state index contributed by atoms with van der Waals surface area (Å²) in [5.41, 5.74) is 2.63. The third-order valence-electron chi connectivity index (χ3n) is 5.83. The SMILES string of the molecule is Cc1nc(SC(C)C(=O)Nc2cccc(S(=O)(=O)N(C)C)c2)n(C2CCCCC2)c1C. The molecule has 1 atom stereocenters. The molecule has 1 aromatic heterocycles. The van der Waals surface area contributed by atoms with Gasteiger partial charge in [-0.3, -0.25) is 4.79 Å². The molecular formula is C22H32N4O3S2. The Kier molecular flexibility index (Phi) is 7.49. The number of nitrogens with zero attached hydrogens (tertiary/aromatic N) is 3. The summed E-state index contributed by atoms with van der Waals surface area (Å²) < 4.78 is 28.2. The second kappa shape index (κ2) is 9.75. The number of anilines is 1. The minimum atomic E-state index is -3.56. The molecule has 1 amide bonds. The van der Waals surface area contributed by atoms with Gasteiger partial charge < -0.3 is 9.88 Å². The van der Waals surface area contributed by atoms with E-state index in [9.17, 15) is 13.2 Å². The molecule has 1 aliphatic rings. The van der Waals surface area contributed by atoms with E-state index in [1.807, 2.05) is 13.8 Å². The highest BCUT2D eigenvalue weighted by Gasteiger charge is 2.25. The minimum absolute atomic E-state index is 0.148. The number of benzene rings is 1. The highest BCUT2D eigenvalue weighted by atomic mass is 32.2. The first-order valence-electron chi connectivity index (χ1n) is 10.7. The highest BCUT2D eigenvalue weighted by molar-refractivity contribution is 8.00. The molecule has 1 N–H and O–H groups in total. The summed E-state index contributed by atoms with van der Waals surface area (Å²) in [6.45, 7) is 5.97. The number of carbonyl (C=O) groups excluding carboxylic acids is 1. The lowest BCUT2D eigenvalue weighted by molar-refractivity contribution is -0.115. The number of aryl methyl sites for hydroxylation is 1. The molecule has 0 spiro atoms. The van der Waals surface area contributed by atoms with Gasteiger partial charge in [0, 0.05) is 31.5 Å². The van der Waals surface area contributed by atoms with E-state index in [1.165, 1.54) is 62.9 Å². The molecule has 0 aliphatic heterocycles. The van der Waals surface area contributed by atoms with Crippen molar-refractivity contribution in [2.24, 2.45) is 0 Å². The Morgan fingerprint density at radius 3 is 2.55 bits per heavy atom. The van der Waals surface area contributed by atoms with Crippen molar-refractivity contribution in [3.05, 3.63) is 35.7 Å². The Bertz CT molecular complexity index is 1040. The molecule has 1 unspecified atom stereocenters. The van der Waals surface area contributed by atoms with Crippen LogP contribution in [0.25, 0.3) is 0 Å². The number of hydrogen-bond acceptors (Lipinski definition) is 5. The van der Waals surface area contributed by atoms with E-state index < -0.39 is 10.0 Å². The molecule has 31 heavy (non-hydrogen) atoms. The van der Waals surface area contributed by atoms with E-state index in [1.54, 1.807) is 12.1 Å². The molecule has 7 nitrogen and oxygen atoms in total. The molecule has 170 valence electrons. The van der Waals surface area contributed by atoms with Crippen LogP contribution in [-0.2, 0) is 14.8 Å². The number of hydrogen-bond donors (Lipinski definition) is 1. The second-order valence-corrected chi connectivity index (χ2v) is 11.8. The number of amides is 1. The summed E-state index contributed by atoms with van der Waals surface area (Å²) in [6.07, 6.45) is 6.05. The molecule has 9 heteroatoms. The van der Waals surface area contributed by atoms with Crippen LogP contribution in [0.2, 0.25) is 0 Å². The van der Waals surface area contributed by atoms with E-state index in [0.717, 1.165) is 28.0 Å². The molecule has 1 heterocycles. The summed E-state index contributed by atoms with van der Waals surface area (Å²) in [7, 11) is -0.593. The number of rotatable bonds is 7. The quantitative estimate of drug-likeness (QED) is 0.615. The summed E-state index contributed by atoms with van der Waals surface area (Å²) in [6, 6.07) is 6.78. The monoisotopic (exact) mass is 464 g/mol. The minimum Gasteiger partial charge on any atom is -0.325 e. The van der Waals surface area contributed by atoms with Crippen LogP contribution >= 0.6 is 11.8 Å². The first kappa shape index (κ1) is 23.8. The Balaban J connectivity index is 1.74. The molecule has 1 aromatic carbocycles. The topological polar surface area (TPSA) is 84.3 Å². The summed E-state index contributed by atoms with van der Waals surface area (Å²) >= 11 is 1.45. The van der Waals surface area contributed by atoms with Crippen LogP contribution in [0, 0.1) is 13.8 Å². The van der Waals surface area contributed by atoms with Crippen LogP contribution in [0.3, 0.4) is 0 Å². The zero-order chi connectivity index (χ0) is 22.8. The number of sulfonamides is 1. The first-order valence-corrected chi connectivity index (χ1v) is 13.0. The van der Waals surface area contributed by atoms with Gasteiger partial charge in [0.25, 0.3) is 0 Å². The van der Waals surface area contributed by atoms with Crippen molar-refractivity contribution in [3.8, 4) is 0 Å². The lowest BCUT2D eigenvalue weighted by Crippen LogP contribution is -2.24. The van der Waals surface area contributed by atoms with Gasteiger partial charge in [0.15, 0.2) is 5.16 Å². The Morgan fingerprint density at radius 2 is 1.90 bits per heavy atom. The average molecular weight is 465 g/mol. The van der Waals surface area contributed by atoms with Gasteiger partial charge in [-0.15, -0.1) is 0 Å². The van der Waals surface area contributed by atoms with E-state index in [0.29, 0.717) is 11.7 Å². The van der Waals surface area contributed by atoms with Crippen molar-refractivity contribution in [1.82, 2.24) is 13.9 Å². The predicted octanol–water partition coefficient (Wildman–Crippen LogP) is 4.37. The van der Waals surface area contributed by atoms with Crippen molar-refractivity contribution in [3.63, 3.8) is 0 Å². The predicted molar refractivity (Wildman–Crippen MR) is 125 cm³/mol. The highest BCUT2D eigenvalue weighted by Crippen LogP contribution is 2.35. The van der Waals surface area contributed by atoms with Crippen molar-refractivity contribution in [2.75, 3.05) is 19.4 Å². The molecule has 1 aliphatic carbocycles. The number of nitrogens with one attached hydrogen (secondary N) is 1. The largest absolute Gasteiger partial charge is 0.325 e. The normalized spacial score (nSPS) is 16.5. The standard InChI is InChI=1S/C22H32N4O3S2/c1-15-16(2)26(19-11-7-6-8-12-19)22(23-15)30-17(3)21(27)24-18-10-9-13-20(14-18)31(28,29)25(4)5/h9-10,13-14,17,19H,6-8,11-12H2,1-5H3,(H,24,27). The molecule has 1 saturated carbocycles. The summed E-state index contributed by atoms with van der Waals surface area (Å²) in [5.74, 6) is -0.182. The first-order chi connectivity index (χ1) is 14.6. The van der Waals surface area contributed by atoms with Crippen molar-refractivity contribution in [2.45, 2.75) is 74.2 Å². The molecule has 1 fully saturated rings. The van der Waals surface area contributed by atoms with Crippen molar-refractivity contribution < 1.29 is 13.2 Å². The van der Waals surface area contributed by atoms with Gasteiger partial charge in [0.05, 0.1) is 15.8 Å². The fraction of sp³-hybridized carbons (Fsp3) is 0.545. The Labute approximate surface area is 189 Å². The number of thioether (sulfide) groups is 1. The van der Waals surface area contributed by atoms with Gasteiger partial charge in [0.1, 0.15) is 0 Å². The lowest BCUT2D eigenvalue weighted by atomic mass is 9.95. The van der Waals surface area contributed by atoms with Crippen LogP contribution in [0.1, 0.15) is 56.5 Å². The van der Waals surface area contributed by atoms with Crippen LogP contribution in [0.15, 0.2) is 34.3 Å². The van der Waals surface area contributed by atoms with E-state index in [-0.39, 0.29) is 16.1 Å². The number of carbonyl (C=O) groups is 1. The maximum absolute atomic E-state index is 12.9. The van der Waals surface area contributed by atoms with Gasteiger partial charge in [-0.2, -0.15) is 0 Å². The lowest BCUT2D eigenvalue weighted by Gasteiger charge is -2.26. The van der Waals surface area contributed by atoms with Gasteiger partial charge >= 0.3 is 0 Å². The van der Waals surface area contributed by atoms with Crippen LogP contribution in [0.4, 0.5) is 5.69 Å². The summed E-state index contributed by atoms with van der Waals surface area (Å²) in [5, 5.41) is 3.36. The zero-order valence-electron chi connectivity index (χ0n) is 18.9. The second-order valence-electron chi connectivity index (χ2n) is 8.29. The fourth-order valence-corrected chi connectivity index (χ4v) is 5.87. The molecule has 3 rings (SSSR count). The average Bonchev–Trinajstić information content (AvgIpc) is 3.01. The molecule has 0 bridgehead atoms. The maximum atomic E-state index is 12.9. The van der Waals surface area contributed by atoms with Crippen LogP contribution in [0.5, 0.6) is 0 Å². The van der Waals surface area contributed by atoms with Gasteiger partial charge in [-0.1, -0.05) is 37.1 Å². The van der Waals surface area contributed by atoms with Crippen molar-refractivity contribution >= 4 is 33.4 Å².